The summed E-state index contributed by atoms with van der Waals surface area (Å²) in [6.45, 7) is 4.08. The highest BCUT2D eigenvalue weighted by Gasteiger charge is 2.21. The highest BCUT2D eigenvalue weighted by molar-refractivity contribution is 7.99. The Kier molecular flexibility index (Phi) is 5.15. The van der Waals surface area contributed by atoms with Crippen LogP contribution in [0.2, 0.25) is 0 Å². The second-order valence-electron chi connectivity index (χ2n) is 3.36. The topological polar surface area (TPSA) is 46.5 Å². The lowest BCUT2D eigenvalue weighted by Crippen LogP contribution is -1.96. The number of rotatable bonds is 6. The molecule has 0 spiro atoms. The minimum atomic E-state index is -0.910. The van der Waals surface area contributed by atoms with Crippen molar-refractivity contribution in [2.75, 3.05) is 12.9 Å². The van der Waals surface area contributed by atoms with Crippen molar-refractivity contribution >= 4 is 29.1 Å². The van der Waals surface area contributed by atoms with E-state index in [-0.39, 0.29) is 0 Å². The van der Waals surface area contributed by atoms with Crippen LogP contribution < -0.4 is 4.74 Å². The van der Waals surface area contributed by atoms with Crippen molar-refractivity contribution in [3.8, 4) is 5.75 Å². The van der Waals surface area contributed by atoms with Gasteiger partial charge in [-0.1, -0.05) is 13.3 Å². The highest BCUT2D eigenvalue weighted by atomic mass is 32.2. The Balaban J connectivity index is 2.93. The molecule has 0 atom stereocenters. The number of aromatic carboxylic acids is 1. The largest absolute Gasteiger partial charge is 0.494 e. The summed E-state index contributed by atoms with van der Waals surface area (Å²) in [6, 6.07) is 0. The van der Waals surface area contributed by atoms with Crippen molar-refractivity contribution in [3.63, 3.8) is 0 Å². The SMILES string of the molecule is CCCCSc1c(C)sc(C(=O)O)c1OC. The number of unbranched alkanes of at least 4 members (excludes halogenated alkanes) is 1. The van der Waals surface area contributed by atoms with Crippen molar-refractivity contribution in [1.82, 2.24) is 0 Å². The molecule has 0 aromatic carbocycles. The van der Waals surface area contributed by atoms with Crippen molar-refractivity contribution in [3.05, 3.63) is 9.75 Å². The number of hydrogen-bond acceptors (Lipinski definition) is 4. The number of carboxylic acids is 1. The van der Waals surface area contributed by atoms with E-state index in [0.717, 1.165) is 28.4 Å². The first-order valence-electron chi connectivity index (χ1n) is 5.15. The zero-order chi connectivity index (χ0) is 12.1. The summed E-state index contributed by atoms with van der Waals surface area (Å²) >= 11 is 2.97. The van der Waals surface area contributed by atoms with Crippen LogP contribution in [0.3, 0.4) is 0 Å². The first kappa shape index (κ1) is 13.4. The molecule has 0 saturated heterocycles. The van der Waals surface area contributed by atoms with Gasteiger partial charge in [-0.3, -0.25) is 0 Å². The molecule has 0 aliphatic carbocycles. The molecule has 0 radical (unpaired) electrons. The number of methoxy groups -OCH3 is 1. The van der Waals surface area contributed by atoms with Gasteiger partial charge in [0.25, 0.3) is 0 Å². The van der Waals surface area contributed by atoms with Gasteiger partial charge < -0.3 is 9.84 Å². The number of ether oxygens (including phenoxy) is 1. The van der Waals surface area contributed by atoms with E-state index in [1.807, 2.05) is 6.92 Å². The smallest absolute Gasteiger partial charge is 0.349 e. The van der Waals surface area contributed by atoms with Crippen molar-refractivity contribution in [2.24, 2.45) is 0 Å². The first-order valence-corrected chi connectivity index (χ1v) is 6.95. The lowest BCUT2D eigenvalue weighted by molar-refractivity contribution is 0.0698. The molecule has 0 fully saturated rings. The Morgan fingerprint density at radius 2 is 2.25 bits per heavy atom. The second-order valence-corrected chi connectivity index (χ2v) is 5.69. The number of thiophene rings is 1. The monoisotopic (exact) mass is 260 g/mol. The third-order valence-corrected chi connectivity index (χ3v) is 4.61. The average Bonchev–Trinajstić information content (AvgIpc) is 2.56. The molecule has 1 rings (SSSR count). The number of carboxylic acid groups (broad SMARTS) is 1. The van der Waals surface area contributed by atoms with Gasteiger partial charge >= 0.3 is 5.97 Å². The van der Waals surface area contributed by atoms with Crippen LogP contribution in [0.25, 0.3) is 0 Å². The molecule has 0 unspecified atom stereocenters. The van der Waals surface area contributed by atoms with Crippen LogP contribution >= 0.6 is 23.1 Å². The summed E-state index contributed by atoms with van der Waals surface area (Å²) in [6.07, 6.45) is 2.27. The highest BCUT2D eigenvalue weighted by Crippen LogP contribution is 2.41. The van der Waals surface area contributed by atoms with Gasteiger partial charge in [0.1, 0.15) is 0 Å². The maximum absolute atomic E-state index is 11.0. The van der Waals surface area contributed by atoms with E-state index in [0.29, 0.717) is 10.6 Å². The normalized spacial score (nSPS) is 10.4. The standard InChI is InChI=1S/C11H16O3S2/c1-4-5-6-15-9-7(2)16-10(11(12)13)8(9)14-3/h4-6H2,1-3H3,(H,12,13). The van der Waals surface area contributed by atoms with Crippen LogP contribution in [-0.4, -0.2) is 23.9 Å². The van der Waals surface area contributed by atoms with E-state index in [4.69, 9.17) is 9.84 Å². The van der Waals surface area contributed by atoms with Crippen LogP contribution in [0, 0.1) is 6.92 Å². The quantitative estimate of drug-likeness (QED) is 0.626. The molecular formula is C11H16O3S2. The van der Waals surface area contributed by atoms with Crippen LogP contribution in [0.1, 0.15) is 34.3 Å². The summed E-state index contributed by atoms with van der Waals surface area (Å²) < 4.78 is 5.20. The van der Waals surface area contributed by atoms with E-state index < -0.39 is 5.97 Å². The fraction of sp³-hybridized carbons (Fsp3) is 0.545. The Bertz CT molecular complexity index is 372. The molecule has 0 bridgehead atoms. The van der Waals surface area contributed by atoms with Crippen molar-refractivity contribution in [2.45, 2.75) is 31.6 Å². The minimum absolute atomic E-state index is 0.305. The lowest BCUT2D eigenvalue weighted by Gasteiger charge is -2.04. The molecule has 1 N–H and O–H groups in total. The maximum atomic E-state index is 11.0. The molecule has 5 heteroatoms. The Morgan fingerprint density at radius 1 is 1.56 bits per heavy atom. The number of hydrogen-bond donors (Lipinski definition) is 1. The van der Waals surface area contributed by atoms with Crippen LogP contribution in [0.15, 0.2) is 4.90 Å². The molecule has 0 aliphatic heterocycles. The van der Waals surface area contributed by atoms with Gasteiger partial charge in [0.05, 0.1) is 12.0 Å². The van der Waals surface area contributed by atoms with E-state index in [1.54, 1.807) is 11.8 Å². The third kappa shape index (κ3) is 2.92. The van der Waals surface area contributed by atoms with Gasteiger partial charge in [-0.25, -0.2) is 4.79 Å². The fourth-order valence-electron chi connectivity index (χ4n) is 1.32. The van der Waals surface area contributed by atoms with Gasteiger partial charge in [-0.05, 0) is 19.1 Å². The first-order chi connectivity index (χ1) is 7.61. The summed E-state index contributed by atoms with van der Waals surface area (Å²) in [7, 11) is 1.53. The van der Waals surface area contributed by atoms with Gasteiger partial charge in [0, 0.05) is 4.88 Å². The molecular weight excluding hydrogens is 244 g/mol. The van der Waals surface area contributed by atoms with Gasteiger partial charge in [0.15, 0.2) is 10.6 Å². The zero-order valence-corrected chi connectivity index (χ0v) is 11.3. The molecule has 0 amide bonds. The van der Waals surface area contributed by atoms with Crippen LogP contribution in [0.5, 0.6) is 5.75 Å². The summed E-state index contributed by atoms with van der Waals surface area (Å²) in [5.74, 6) is 0.618. The van der Waals surface area contributed by atoms with E-state index in [9.17, 15) is 4.79 Å². The molecule has 0 saturated carbocycles. The number of aryl methyl sites for hydroxylation is 1. The van der Waals surface area contributed by atoms with Gasteiger partial charge in [-0.2, -0.15) is 0 Å². The van der Waals surface area contributed by atoms with E-state index in [2.05, 4.69) is 6.92 Å². The fourth-order valence-corrected chi connectivity index (χ4v) is 3.70. The molecule has 1 aromatic rings. The predicted molar refractivity (Wildman–Crippen MR) is 68.2 cm³/mol. The summed E-state index contributed by atoms with van der Waals surface area (Å²) in [4.78, 5) is 13.3. The molecule has 1 aromatic heterocycles. The molecule has 3 nitrogen and oxygen atoms in total. The molecule has 1 heterocycles. The third-order valence-electron chi connectivity index (χ3n) is 2.13. The second kappa shape index (κ2) is 6.15. The van der Waals surface area contributed by atoms with Crippen LogP contribution in [-0.2, 0) is 0 Å². The summed E-state index contributed by atoms with van der Waals surface area (Å²) in [5, 5.41) is 9.03. The van der Waals surface area contributed by atoms with Crippen molar-refractivity contribution in [1.29, 1.82) is 0 Å². The minimum Gasteiger partial charge on any atom is -0.494 e. The van der Waals surface area contributed by atoms with Crippen LogP contribution in [0.4, 0.5) is 0 Å². The molecule has 16 heavy (non-hydrogen) atoms. The molecule has 0 aliphatic rings. The van der Waals surface area contributed by atoms with Gasteiger partial charge in [0.2, 0.25) is 0 Å². The van der Waals surface area contributed by atoms with E-state index in [1.165, 1.54) is 18.4 Å². The lowest BCUT2D eigenvalue weighted by atomic mass is 10.4. The maximum Gasteiger partial charge on any atom is 0.349 e. The van der Waals surface area contributed by atoms with Gasteiger partial charge in [-0.15, -0.1) is 23.1 Å². The summed E-state index contributed by atoms with van der Waals surface area (Å²) in [5.41, 5.74) is 0. The number of carbonyl (C=O) groups is 1. The van der Waals surface area contributed by atoms with Crippen molar-refractivity contribution < 1.29 is 14.6 Å². The predicted octanol–water partition coefficient (Wildman–Crippen LogP) is 3.66. The Morgan fingerprint density at radius 3 is 2.75 bits per heavy atom. The Labute approximate surface area is 104 Å². The Hall–Kier alpha value is -0.680. The number of thioether (sulfide) groups is 1. The zero-order valence-electron chi connectivity index (χ0n) is 9.70. The molecule has 90 valence electrons. The average molecular weight is 260 g/mol. The van der Waals surface area contributed by atoms with E-state index >= 15 is 0 Å².